The minimum absolute atomic E-state index is 0.0492. The molecule has 0 amide bonds. The molecule has 4 N–H and O–H groups in total. The molecular weight excluding hydrogens is 220 g/mol. The standard InChI is InChI=1S/C16H22N2/c1-16(2,11-17)10-15(18)14-8-7-12-5-3-4-6-13(12)9-14/h3-9,15H,10-11,17-18H2,1-2H3. The van der Waals surface area contributed by atoms with Gasteiger partial charge in [0.1, 0.15) is 0 Å². The van der Waals surface area contributed by atoms with Crippen molar-refractivity contribution in [1.29, 1.82) is 0 Å². The first-order chi connectivity index (χ1) is 8.52. The molecule has 0 saturated heterocycles. The summed E-state index contributed by atoms with van der Waals surface area (Å²) in [6, 6.07) is 14.9. The van der Waals surface area contributed by atoms with Crippen LogP contribution in [-0.2, 0) is 0 Å². The second-order valence-electron chi connectivity index (χ2n) is 5.79. The quantitative estimate of drug-likeness (QED) is 0.865. The van der Waals surface area contributed by atoms with Crippen molar-refractivity contribution in [2.45, 2.75) is 26.3 Å². The van der Waals surface area contributed by atoms with Crippen molar-refractivity contribution in [3.05, 3.63) is 48.0 Å². The van der Waals surface area contributed by atoms with Crippen LogP contribution in [0.2, 0.25) is 0 Å². The normalized spacial score (nSPS) is 13.8. The van der Waals surface area contributed by atoms with Crippen LogP contribution in [0, 0.1) is 5.41 Å². The SMILES string of the molecule is CC(C)(CN)CC(N)c1ccc2ccccc2c1. The highest BCUT2D eigenvalue weighted by Gasteiger charge is 2.20. The van der Waals surface area contributed by atoms with Crippen LogP contribution in [0.5, 0.6) is 0 Å². The van der Waals surface area contributed by atoms with E-state index in [-0.39, 0.29) is 11.5 Å². The van der Waals surface area contributed by atoms with E-state index in [1.165, 1.54) is 16.3 Å². The highest BCUT2D eigenvalue weighted by atomic mass is 14.7. The van der Waals surface area contributed by atoms with Crippen LogP contribution in [0.1, 0.15) is 31.9 Å². The minimum Gasteiger partial charge on any atom is -0.330 e. The van der Waals surface area contributed by atoms with Crippen molar-refractivity contribution in [3.63, 3.8) is 0 Å². The molecule has 96 valence electrons. The Balaban J connectivity index is 2.25. The number of hydrogen-bond donors (Lipinski definition) is 2. The smallest absolute Gasteiger partial charge is 0.0300 e. The van der Waals surface area contributed by atoms with Crippen molar-refractivity contribution in [3.8, 4) is 0 Å². The number of hydrogen-bond acceptors (Lipinski definition) is 2. The van der Waals surface area contributed by atoms with E-state index >= 15 is 0 Å². The second-order valence-corrected chi connectivity index (χ2v) is 5.79. The van der Waals surface area contributed by atoms with Gasteiger partial charge >= 0.3 is 0 Å². The molecule has 0 fully saturated rings. The van der Waals surface area contributed by atoms with Gasteiger partial charge in [-0.1, -0.05) is 50.2 Å². The zero-order valence-electron chi connectivity index (χ0n) is 11.2. The van der Waals surface area contributed by atoms with E-state index in [0.717, 1.165) is 6.42 Å². The summed E-state index contributed by atoms with van der Waals surface area (Å²) in [5.41, 5.74) is 13.3. The molecule has 2 heteroatoms. The molecule has 0 aliphatic rings. The summed E-state index contributed by atoms with van der Waals surface area (Å²) in [5, 5.41) is 2.50. The third-order valence-corrected chi connectivity index (χ3v) is 3.53. The molecule has 1 atom stereocenters. The van der Waals surface area contributed by atoms with Gasteiger partial charge in [-0.15, -0.1) is 0 Å². The molecule has 0 bridgehead atoms. The first-order valence-corrected chi connectivity index (χ1v) is 6.46. The van der Waals surface area contributed by atoms with E-state index in [2.05, 4.69) is 56.3 Å². The Kier molecular flexibility index (Phi) is 3.69. The lowest BCUT2D eigenvalue weighted by Gasteiger charge is -2.26. The molecule has 18 heavy (non-hydrogen) atoms. The maximum absolute atomic E-state index is 6.29. The fraction of sp³-hybridized carbons (Fsp3) is 0.375. The van der Waals surface area contributed by atoms with Crippen molar-refractivity contribution in [2.75, 3.05) is 6.54 Å². The van der Waals surface area contributed by atoms with Crippen molar-refractivity contribution in [2.24, 2.45) is 16.9 Å². The number of nitrogens with two attached hydrogens (primary N) is 2. The van der Waals surface area contributed by atoms with Gasteiger partial charge in [-0.2, -0.15) is 0 Å². The van der Waals surface area contributed by atoms with Crippen LogP contribution in [0.15, 0.2) is 42.5 Å². The van der Waals surface area contributed by atoms with Gasteiger partial charge in [-0.25, -0.2) is 0 Å². The average Bonchev–Trinajstić information content (AvgIpc) is 2.37. The van der Waals surface area contributed by atoms with E-state index in [4.69, 9.17) is 11.5 Å². The lowest BCUT2D eigenvalue weighted by molar-refractivity contribution is 0.317. The molecule has 0 aliphatic carbocycles. The summed E-state index contributed by atoms with van der Waals surface area (Å²) >= 11 is 0. The van der Waals surface area contributed by atoms with Crippen LogP contribution in [0.25, 0.3) is 10.8 Å². The first kappa shape index (κ1) is 13.1. The van der Waals surface area contributed by atoms with Gasteiger partial charge in [-0.05, 0) is 40.8 Å². The first-order valence-electron chi connectivity index (χ1n) is 6.46. The number of benzene rings is 2. The molecule has 2 nitrogen and oxygen atoms in total. The van der Waals surface area contributed by atoms with Crippen LogP contribution < -0.4 is 11.5 Å². The van der Waals surface area contributed by atoms with E-state index in [0.29, 0.717) is 6.54 Å². The summed E-state index contributed by atoms with van der Waals surface area (Å²) in [6.07, 6.45) is 0.905. The maximum Gasteiger partial charge on any atom is 0.0300 e. The van der Waals surface area contributed by atoms with Crippen molar-refractivity contribution in [1.82, 2.24) is 0 Å². The van der Waals surface area contributed by atoms with E-state index in [1.807, 2.05) is 0 Å². The summed E-state index contributed by atoms with van der Waals surface area (Å²) < 4.78 is 0. The van der Waals surface area contributed by atoms with Crippen LogP contribution in [0.4, 0.5) is 0 Å². The van der Waals surface area contributed by atoms with Crippen LogP contribution in [0.3, 0.4) is 0 Å². The lowest BCUT2D eigenvalue weighted by atomic mass is 9.83. The fourth-order valence-corrected chi connectivity index (χ4v) is 2.23. The Labute approximate surface area is 109 Å². The van der Waals surface area contributed by atoms with Crippen LogP contribution in [-0.4, -0.2) is 6.54 Å². The molecule has 2 aromatic carbocycles. The highest BCUT2D eigenvalue weighted by Crippen LogP contribution is 2.28. The molecule has 0 heterocycles. The zero-order valence-corrected chi connectivity index (χ0v) is 11.2. The molecule has 0 radical (unpaired) electrons. The molecule has 0 aliphatic heterocycles. The molecule has 2 rings (SSSR count). The largest absolute Gasteiger partial charge is 0.330 e. The van der Waals surface area contributed by atoms with Gasteiger partial charge in [0.15, 0.2) is 0 Å². The van der Waals surface area contributed by atoms with Gasteiger partial charge in [0, 0.05) is 6.04 Å². The second kappa shape index (κ2) is 5.09. The lowest BCUT2D eigenvalue weighted by Crippen LogP contribution is -2.28. The van der Waals surface area contributed by atoms with Crippen molar-refractivity contribution < 1.29 is 0 Å². The van der Waals surface area contributed by atoms with Crippen LogP contribution >= 0.6 is 0 Å². The molecular formula is C16H22N2. The Hall–Kier alpha value is -1.38. The third-order valence-electron chi connectivity index (χ3n) is 3.53. The fourth-order valence-electron chi connectivity index (χ4n) is 2.23. The average molecular weight is 242 g/mol. The number of fused-ring (bicyclic) bond motifs is 1. The molecule has 0 saturated carbocycles. The Morgan fingerprint density at radius 3 is 2.39 bits per heavy atom. The summed E-state index contributed by atoms with van der Waals surface area (Å²) in [6.45, 7) is 4.98. The van der Waals surface area contributed by atoms with Gasteiger partial charge in [0.2, 0.25) is 0 Å². The minimum atomic E-state index is 0.0492. The predicted octanol–water partition coefficient (Wildman–Crippen LogP) is 3.21. The molecule has 0 spiro atoms. The summed E-state index contributed by atoms with van der Waals surface area (Å²) in [7, 11) is 0. The predicted molar refractivity (Wildman–Crippen MR) is 78.3 cm³/mol. The molecule has 0 aromatic heterocycles. The third kappa shape index (κ3) is 2.89. The maximum atomic E-state index is 6.29. The molecule has 2 aromatic rings. The van der Waals surface area contributed by atoms with E-state index in [1.54, 1.807) is 0 Å². The van der Waals surface area contributed by atoms with Gasteiger partial charge in [-0.3, -0.25) is 0 Å². The van der Waals surface area contributed by atoms with E-state index < -0.39 is 0 Å². The van der Waals surface area contributed by atoms with Gasteiger partial charge in [0.25, 0.3) is 0 Å². The number of rotatable bonds is 4. The summed E-state index contributed by atoms with van der Waals surface area (Å²) in [5.74, 6) is 0. The van der Waals surface area contributed by atoms with E-state index in [9.17, 15) is 0 Å². The Bertz CT molecular complexity index is 531. The van der Waals surface area contributed by atoms with Crippen molar-refractivity contribution >= 4 is 10.8 Å². The highest BCUT2D eigenvalue weighted by molar-refractivity contribution is 5.83. The molecule has 1 unspecified atom stereocenters. The Morgan fingerprint density at radius 1 is 1.06 bits per heavy atom. The topological polar surface area (TPSA) is 52.0 Å². The van der Waals surface area contributed by atoms with Gasteiger partial charge in [0.05, 0.1) is 0 Å². The Morgan fingerprint density at radius 2 is 1.72 bits per heavy atom. The summed E-state index contributed by atoms with van der Waals surface area (Å²) in [4.78, 5) is 0. The monoisotopic (exact) mass is 242 g/mol. The van der Waals surface area contributed by atoms with Gasteiger partial charge < -0.3 is 11.5 Å². The zero-order chi connectivity index (χ0) is 13.2.